The van der Waals surface area contributed by atoms with Crippen molar-refractivity contribution in [1.82, 2.24) is 5.32 Å². The van der Waals surface area contributed by atoms with Gasteiger partial charge in [-0.15, -0.1) is 11.8 Å². The summed E-state index contributed by atoms with van der Waals surface area (Å²) in [4.78, 5) is 11.3. The lowest BCUT2D eigenvalue weighted by molar-refractivity contribution is -0.121. The van der Waals surface area contributed by atoms with Crippen molar-refractivity contribution >= 4 is 29.3 Å². The summed E-state index contributed by atoms with van der Waals surface area (Å²) in [5.74, 6) is -3.06. The van der Waals surface area contributed by atoms with Crippen LogP contribution in [0, 0.1) is 0 Å². The Morgan fingerprint density at radius 1 is 1.37 bits per heavy atom. The average Bonchev–Trinajstić information content (AvgIpc) is 2.39. The summed E-state index contributed by atoms with van der Waals surface area (Å²) in [7, 11) is 0. The molecule has 0 bridgehead atoms. The summed E-state index contributed by atoms with van der Waals surface area (Å²) in [5.41, 5.74) is 1.00. The maximum absolute atomic E-state index is 12.7. The van der Waals surface area contributed by atoms with E-state index in [0.29, 0.717) is 10.8 Å². The number of hydrogen-bond acceptors (Lipinski definition) is 3. The first-order valence-electron chi connectivity index (χ1n) is 5.50. The van der Waals surface area contributed by atoms with Crippen LogP contribution in [-0.4, -0.2) is 35.8 Å². The summed E-state index contributed by atoms with van der Waals surface area (Å²) < 4.78 is 25.3. The van der Waals surface area contributed by atoms with Gasteiger partial charge in [-0.3, -0.25) is 4.79 Å². The van der Waals surface area contributed by atoms with E-state index in [1.165, 1.54) is 11.8 Å². The summed E-state index contributed by atoms with van der Waals surface area (Å²) in [6, 6.07) is 7.18. The number of benzene rings is 1. The van der Waals surface area contributed by atoms with Gasteiger partial charge in [0.15, 0.2) is 0 Å². The summed E-state index contributed by atoms with van der Waals surface area (Å²) >= 11 is 7.05. The molecule has 0 radical (unpaired) electrons. The van der Waals surface area contributed by atoms with E-state index < -0.39 is 25.0 Å². The number of amides is 1. The summed E-state index contributed by atoms with van der Waals surface area (Å²) in [6.07, 6.45) is 0. The minimum atomic E-state index is -3.27. The molecule has 0 spiro atoms. The van der Waals surface area contributed by atoms with Crippen LogP contribution in [0.15, 0.2) is 24.3 Å². The highest BCUT2D eigenvalue weighted by atomic mass is 35.5. The van der Waals surface area contributed by atoms with Gasteiger partial charge in [-0.05, 0) is 17.7 Å². The molecule has 0 saturated carbocycles. The predicted molar refractivity (Wildman–Crippen MR) is 72.7 cm³/mol. The van der Waals surface area contributed by atoms with E-state index in [1.54, 1.807) is 12.1 Å². The molecule has 106 valence electrons. The van der Waals surface area contributed by atoms with Crippen molar-refractivity contribution in [3.8, 4) is 0 Å². The minimum Gasteiger partial charge on any atom is -0.390 e. The molecule has 0 aliphatic heterocycles. The number of hydrogen-bond donors (Lipinski definition) is 2. The topological polar surface area (TPSA) is 49.3 Å². The van der Waals surface area contributed by atoms with Crippen molar-refractivity contribution in [2.75, 3.05) is 18.9 Å². The van der Waals surface area contributed by atoms with Crippen LogP contribution in [0.2, 0.25) is 5.02 Å². The summed E-state index contributed by atoms with van der Waals surface area (Å²) in [5, 5.41) is 11.1. The fourth-order valence-electron chi connectivity index (χ4n) is 1.18. The molecule has 0 aromatic heterocycles. The maximum atomic E-state index is 12.7. The molecule has 0 aliphatic carbocycles. The quantitative estimate of drug-likeness (QED) is 0.812. The number of aliphatic hydroxyl groups is 1. The number of carbonyl (C=O) groups excluding carboxylic acids is 1. The normalized spacial score (nSPS) is 11.4. The van der Waals surface area contributed by atoms with Crippen LogP contribution in [-0.2, 0) is 10.5 Å². The number of nitrogens with one attached hydrogen (secondary N) is 1. The average molecular weight is 310 g/mol. The lowest BCUT2D eigenvalue weighted by Gasteiger charge is -2.13. The Labute approximate surface area is 119 Å². The van der Waals surface area contributed by atoms with E-state index in [0.717, 1.165) is 5.56 Å². The van der Waals surface area contributed by atoms with Gasteiger partial charge in [-0.2, -0.15) is 0 Å². The molecular weight excluding hydrogens is 296 g/mol. The molecule has 0 saturated heterocycles. The molecular formula is C12H14ClF2NO2S. The third-order valence-electron chi connectivity index (χ3n) is 2.19. The van der Waals surface area contributed by atoms with Gasteiger partial charge in [-0.25, -0.2) is 8.78 Å². The van der Waals surface area contributed by atoms with Crippen LogP contribution in [0.1, 0.15) is 5.56 Å². The van der Waals surface area contributed by atoms with Crippen LogP contribution < -0.4 is 5.32 Å². The van der Waals surface area contributed by atoms with Crippen LogP contribution in [0.25, 0.3) is 0 Å². The van der Waals surface area contributed by atoms with Gasteiger partial charge < -0.3 is 10.4 Å². The Morgan fingerprint density at radius 3 is 2.58 bits per heavy atom. The zero-order chi connectivity index (χ0) is 14.3. The molecule has 0 atom stereocenters. The van der Waals surface area contributed by atoms with Crippen molar-refractivity contribution in [2.45, 2.75) is 11.7 Å². The molecule has 1 aromatic carbocycles. The molecule has 0 fully saturated rings. The molecule has 1 rings (SSSR count). The SMILES string of the molecule is O=C(CSCc1ccc(Cl)cc1)NCC(F)(F)CO. The Kier molecular flexibility index (Phi) is 6.54. The Hall–Kier alpha value is -0.850. The highest BCUT2D eigenvalue weighted by Gasteiger charge is 2.27. The maximum Gasteiger partial charge on any atom is 0.287 e. The van der Waals surface area contributed by atoms with Crippen LogP contribution in [0.3, 0.4) is 0 Å². The van der Waals surface area contributed by atoms with Crippen LogP contribution >= 0.6 is 23.4 Å². The molecule has 2 N–H and O–H groups in total. The molecule has 19 heavy (non-hydrogen) atoms. The van der Waals surface area contributed by atoms with Crippen LogP contribution in [0.5, 0.6) is 0 Å². The van der Waals surface area contributed by atoms with E-state index in [1.807, 2.05) is 12.1 Å². The van der Waals surface area contributed by atoms with Gasteiger partial charge >= 0.3 is 0 Å². The van der Waals surface area contributed by atoms with Crippen molar-refractivity contribution in [3.05, 3.63) is 34.9 Å². The third-order valence-corrected chi connectivity index (χ3v) is 3.45. The first kappa shape index (κ1) is 16.2. The fraction of sp³-hybridized carbons (Fsp3) is 0.417. The molecule has 3 nitrogen and oxygen atoms in total. The van der Waals surface area contributed by atoms with Gasteiger partial charge in [0.2, 0.25) is 5.91 Å². The van der Waals surface area contributed by atoms with E-state index in [9.17, 15) is 13.6 Å². The number of alkyl halides is 2. The van der Waals surface area contributed by atoms with E-state index in [4.69, 9.17) is 16.7 Å². The van der Waals surface area contributed by atoms with E-state index in [2.05, 4.69) is 5.32 Å². The minimum absolute atomic E-state index is 0.0874. The Morgan fingerprint density at radius 2 is 2.00 bits per heavy atom. The van der Waals surface area contributed by atoms with Crippen molar-refractivity contribution in [1.29, 1.82) is 0 Å². The van der Waals surface area contributed by atoms with E-state index >= 15 is 0 Å². The first-order valence-corrected chi connectivity index (χ1v) is 7.04. The van der Waals surface area contributed by atoms with Gasteiger partial charge in [0.25, 0.3) is 5.92 Å². The number of carbonyl (C=O) groups is 1. The smallest absolute Gasteiger partial charge is 0.287 e. The van der Waals surface area contributed by atoms with Gasteiger partial charge in [0.05, 0.1) is 12.3 Å². The first-order chi connectivity index (χ1) is 8.93. The van der Waals surface area contributed by atoms with Gasteiger partial charge in [0.1, 0.15) is 6.61 Å². The zero-order valence-corrected chi connectivity index (χ0v) is 11.6. The third kappa shape index (κ3) is 6.75. The molecule has 1 amide bonds. The van der Waals surface area contributed by atoms with Gasteiger partial charge in [-0.1, -0.05) is 23.7 Å². The lowest BCUT2D eigenvalue weighted by atomic mass is 10.2. The molecule has 0 unspecified atom stereocenters. The second kappa shape index (κ2) is 7.67. The number of halogens is 3. The lowest BCUT2D eigenvalue weighted by Crippen LogP contribution is -2.39. The molecule has 1 aromatic rings. The second-order valence-corrected chi connectivity index (χ2v) is 5.33. The molecule has 7 heteroatoms. The zero-order valence-electron chi connectivity index (χ0n) is 10.0. The van der Waals surface area contributed by atoms with Gasteiger partial charge in [0, 0.05) is 10.8 Å². The van der Waals surface area contributed by atoms with Crippen molar-refractivity contribution in [3.63, 3.8) is 0 Å². The van der Waals surface area contributed by atoms with E-state index in [-0.39, 0.29) is 5.75 Å². The number of thioether (sulfide) groups is 1. The Bertz CT molecular complexity index is 415. The monoisotopic (exact) mass is 309 g/mol. The molecule has 0 aliphatic rings. The fourth-order valence-corrected chi connectivity index (χ4v) is 2.12. The van der Waals surface area contributed by atoms with Crippen molar-refractivity contribution in [2.24, 2.45) is 0 Å². The second-order valence-electron chi connectivity index (χ2n) is 3.91. The molecule has 0 heterocycles. The Balaban J connectivity index is 2.22. The van der Waals surface area contributed by atoms with Crippen molar-refractivity contribution < 1.29 is 18.7 Å². The number of rotatable bonds is 7. The standard InChI is InChI=1S/C12H14ClF2NO2S/c13-10-3-1-9(2-4-10)5-19-6-11(18)16-7-12(14,15)8-17/h1-4,17H,5-8H2,(H,16,18). The number of aliphatic hydroxyl groups excluding tert-OH is 1. The predicted octanol–water partition coefficient (Wildman–Crippen LogP) is 2.32. The highest BCUT2D eigenvalue weighted by Crippen LogP contribution is 2.15. The van der Waals surface area contributed by atoms with Crippen LogP contribution in [0.4, 0.5) is 8.78 Å². The highest BCUT2D eigenvalue weighted by molar-refractivity contribution is 7.99. The summed E-state index contributed by atoms with van der Waals surface area (Å²) in [6.45, 7) is -2.12. The largest absolute Gasteiger partial charge is 0.390 e.